The number of fused-ring (bicyclic) bond motifs is 1. The van der Waals surface area contributed by atoms with Crippen LogP contribution in [-0.4, -0.2) is 40.1 Å². The lowest BCUT2D eigenvalue weighted by atomic mass is 9.92. The number of nitrogens with zero attached hydrogens (tertiary/aromatic N) is 3. The van der Waals surface area contributed by atoms with Gasteiger partial charge in [0.15, 0.2) is 0 Å². The maximum absolute atomic E-state index is 13.5. The van der Waals surface area contributed by atoms with Crippen LogP contribution >= 0.6 is 0 Å². The molecule has 0 radical (unpaired) electrons. The van der Waals surface area contributed by atoms with Crippen molar-refractivity contribution in [3.63, 3.8) is 0 Å². The highest BCUT2D eigenvalue weighted by atomic mass is 19.1. The topological polar surface area (TPSA) is 86.5 Å². The number of ether oxygens (including phenoxy) is 1. The highest BCUT2D eigenvalue weighted by molar-refractivity contribution is 6.01. The molecule has 4 rings (SSSR count). The Balaban J connectivity index is 1.78. The molecule has 2 aromatic carbocycles. The Hall–Kier alpha value is -3.66. The molecule has 7 heteroatoms. The molecule has 0 spiro atoms. The van der Waals surface area contributed by atoms with E-state index < -0.39 is 0 Å². The summed E-state index contributed by atoms with van der Waals surface area (Å²) in [5, 5.41) is 20.4. The van der Waals surface area contributed by atoms with Gasteiger partial charge in [-0.15, -0.1) is 0 Å². The Bertz CT molecular complexity index is 1200. The van der Waals surface area contributed by atoms with E-state index >= 15 is 0 Å². The lowest BCUT2D eigenvalue weighted by Gasteiger charge is -2.21. The number of pyridine rings is 1. The van der Waals surface area contributed by atoms with Gasteiger partial charge in [0.2, 0.25) is 11.8 Å². The van der Waals surface area contributed by atoms with E-state index in [0.717, 1.165) is 22.2 Å². The Morgan fingerprint density at radius 2 is 2.03 bits per heavy atom. The van der Waals surface area contributed by atoms with Crippen LogP contribution in [0.5, 0.6) is 11.6 Å². The first-order valence-electron chi connectivity index (χ1n) is 10.6. The SMILES string of the molecule is CC(C)c1nc(O[C@H]2CCN(C(=O)CC#N)C2)c2cc(O)ccc2c1-c1ccc(F)cc1. The number of aromatic nitrogens is 1. The number of likely N-dealkylation sites (tertiary alicyclic amines) is 1. The number of rotatable bonds is 5. The van der Waals surface area contributed by atoms with Crippen LogP contribution in [0, 0.1) is 17.1 Å². The number of phenolic OH excluding ortho intramolecular Hbond substituents is 1. The van der Waals surface area contributed by atoms with Crippen molar-refractivity contribution >= 4 is 16.7 Å². The normalized spacial score (nSPS) is 15.8. The molecule has 0 aliphatic carbocycles. The third-order valence-electron chi connectivity index (χ3n) is 5.67. The lowest BCUT2D eigenvalue weighted by molar-refractivity contribution is -0.129. The molecule has 1 atom stereocenters. The van der Waals surface area contributed by atoms with Gasteiger partial charge < -0.3 is 14.7 Å². The number of amides is 1. The van der Waals surface area contributed by atoms with Crippen molar-refractivity contribution in [2.24, 2.45) is 0 Å². The number of benzene rings is 2. The first kappa shape index (κ1) is 21.6. The summed E-state index contributed by atoms with van der Waals surface area (Å²) < 4.78 is 19.8. The fourth-order valence-electron chi connectivity index (χ4n) is 4.11. The van der Waals surface area contributed by atoms with E-state index in [9.17, 15) is 14.3 Å². The smallest absolute Gasteiger partial charge is 0.236 e. The lowest BCUT2D eigenvalue weighted by Crippen LogP contribution is -2.30. The number of halogens is 1. The standard InChI is InChI=1S/C25H24FN3O3/c1-15(2)24-23(16-3-5-17(26)6-4-16)20-8-7-18(30)13-21(20)25(28-24)32-19-10-12-29(14-19)22(31)9-11-27/h3-8,13,15,19,30H,9-10,12,14H2,1-2H3/t19-/m0/s1. The number of phenols is 1. The number of nitriles is 1. The summed E-state index contributed by atoms with van der Waals surface area (Å²) in [5.41, 5.74) is 2.51. The third-order valence-corrected chi connectivity index (χ3v) is 5.67. The van der Waals surface area contributed by atoms with Crippen LogP contribution in [0.2, 0.25) is 0 Å². The largest absolute Gasteiger partial charge is 0.508 e. The number of aromatic hydroxyl groups is 1. The van der Waals surface area contributed by atoms with E-state index in [2.05, 4.69) is 0 Å². The fourth-order valence-corrected chi connectivity index (χ4v) is 4.11. The minimum atomic E-state index is -0.313. The second-order valence-electron chi connectivity index (χ2n) is 8.27. The molecule has 0 bridgehead atoms. The second kappa shape index (κ2) is 8.83. The maximum Gasteiger partial charge on any atom is 0.236 e. The zero-order valence-corrected chi connectivity index (χ0v) is 18.0. The highest BCUT2D eigenvalue weighted by Gasteiger charge is 2.29. The molecule has 2 heterocycles. The summed E-state index contributed by atoms with van der Waals surface area (Å²) >= 11 is 0. The molecule has 164 valence electrons. The van der Waals surface area contributed by atoms with Crippen molar-refractivity contribution in [2.45, 2.75) is 38.7 Å². The van der Waals surface area contributed by atoms with Crippen molar-refractivity contribution in [3.8, 4) is 28.8 Å². The van der Waals surface area contributed by atoms with E-state index in [-0.39, 0.29) is 35.9 Å². The maximum atomic E-state index is 13.5. The molecule has 6 nitrogen and oxygen atoms in total. The van der Waals surface area contributed by atoms with Gasteiger partial charge in [-0.3, -0.25) is 4.79 Å². The quantitative estimate of drug-likeness (QED) is 0.627. The van der Waals surface area contributed by atoms with Crippen LogP contribution in [0.25, 0.3) is 21.9 Å². The van der Waals surface area contributed by atoms with Gasteiger partial charge in [-0.25, -0.2) is 9.37 Å². The molecule has 3 aromatic rings. The van der Waals surface area contributed by atoms with Gasteiger partial charge in [0.05, 0.1) is 18.3 Å². The van der Waals surface area contributed by atoms with Crippen molar-refractivity contribution in [1.82, 2.24) is 9.88 Å². The molecular weight excluding hydrogens is 409 g/mol. The van der Waals surface area contributed by atoms with E-state index in [0.29, 0.717) is 30.8 Å². The molecule has 0 saturated carbocycles. The van der Waals surface area contributed by atoms with Crippen LogP contribution in [0.15, 0.2) is 42.5 Å². The van der Waals surface area contributed by atoms with Gasteiger partial charge in [0.1, 0.15) is 24.1 Å². The molecule has 1 aliphatic heterocycles. The number of hydrogen-bond acceptors (Lipinski definition) is 5. The van der Waals surface area contributed by atoms with E-state index in [1.165, 1.54) is 12.1 Å². The Morgan fingerprint density at radius 1 is 1.28 bits per heavy atom. The number of hydrogen-bond donors (Lipinski definition) is 1. The molecule has 1 amide bonds. The van der Waals surface area contributed by atoms with Gasteiger partial charge >= 0.3 is 0 Å². The van der Waals surface area contributed by atoms with Crippen molar-refractivity contribution in [3.05, 3.63) is 54.0 Å². The Labute approximate surface area is 185 Å². The average molecular weight is 433 g/mol. The average Bonchev–Trinajstić information content (AvgIpc) is 3.23. The predicted molar refractivity (Wildman–Crippen MR) is 119 cm³/mol. The summed E-state index contributed by atoms with van der Waals surface area (Å²) in [7, 11) is 0. The molecule has 1 aromatic heterocycles. The first-order valence-corrected chi connectivity index (χ1v) is 10.6. The molecule has 0 unspecified atom stereocenters. The minimum Gasteiger partial charge on any atom is -0.508 e. The third kappa shape index (κ3) is 4.22. The summed E-state index contributed by atoms with van der Waals surface area (Å²) in [6.07, 6.45) is 0.231. The van der Waals surface area contributed by atoms with E-state index in [1.807, 2.05) is 26.0 Å². The molecule has 1 fully saturated rings. The van der Waals surface area contributed by atoms with Crippen LogP contribution in [0.3, 0.4) is 0 Å². The zero-order chi connectivity index (χ0) is 22.8. The van der Waals surface area contributed by atoms with Crippen molar-refractivity contribution < 1.29 is 19.0 Å². The number of carbonyl (C=O) groups is 1. The fraction of sp³-hybridized carbons (Fsp3) is 0.320. The van der Waals surface area contributed by atoms with Gasteiger partial charge in [-0.1, -0.05) is 26.0 Å². The predicted octanol–water partition coefficient (Wildman–Crippen LogP) is 4.76. The Kier molecular flexibility index (Phi) is 5.95. The Morgan fingerprint density at radius 3 is 2.72 bits per heavy atom. The van der Waals surface area contributed by atoms with E-state index in [1.54, 1.807) is 29.2 Å². The summed E-state index contributed by atoms with van der Waals surface area (Å²) in [5.74, 6) is 0.0247. The van der Waals surface area contributed by atoms with Crippen molar-refractivity contribution in [1.29, 1.82) is 5.26 Å². The second-order valence-corrected chi connectivity index (χ2v) is 8.27. The van der Waals surface area contributed by atoms with Crippen LogP contribution in [-0.2, 0) is 4.79 Å². The number of carbonyl (C=O) groups excluding carboxylic acids is 1. The summed E-state index contributed by atoms with van der Waals surface area (Å²) in [6, 6.07) is 13.2. The van der Waals surface area contributed by atoms with Crippen LogP contribution < -0.4 is 4.74 Å². The van der Waals surface area contributed by atoms with Crippen molar-refractivity contribution in [2.75, 3.05) is 13.1 Å². The van der Waals surface area contributed by atoms with Gasteiger partial charge in [-0.05, 0) is 47.2 Å². The van der Waals surface area contributed by atoms with Gasteiger partial charge in [0.25, 0.3) is 0 Å². The molecular formula is C25H24FN3O3. The first-order chi connectivity index (χ1) is 15.4. The summed E-state index contributed by atoms with van der Waals surface area (Å²) in [4.78, 5) is 18.5. The molecule has 1 saturated heterocycles. The highest BCUT2D eigenvalue weighted by Crippen LogP contribution is 2.40. The monoisotopic (exact) mass is 433 g/mol. The van der Waals surface area contributed by atoms with Gasteiger partial charge in [-0.2, -0.15) is 5.26 Å². The molecule has 32 heavy (non-hydrogen) atoms. The van der Waals surface area contributed by atoms with Crippen LogP contribution in [0.1, 0.15) is 38.3 Å². The minimum absolute atomic E-state index is 0.0629. The molecule has 1 aliphatic rings. The zero-order valence-electron chi connectivity index (χ0n) is 18.0. The summed E-state index contributed by atoms with van der Waals surface area (Å²) in [6.45, 7) is 4.98. The van der Waals surface area contributed by atoms with E-state index in [4.69, 9.17) is 15.0 Å². The van der Waals surface area contributed by atoms with Crippen LogP contribution in [0.4, 0.5) is 4.39 Å². The molecule has 1 N–H and O–H groups in total. The van der Waals surface area contributed by atoms with Gasteiger partial charge in [0, 0.05) is 23.9 Å².